The Morgan fingerprint density at radius 3 is 2.30 bits per heavy atom. The molecular formula is C25H21NO4. The van der Waals surface area contributed by atoms with E-state index in [4.69, 9.17) is 9.47 Å². The molecule has 1 aliphatic carbocycles. The molecule has 1 amide bonds. The molecule has 0 radical (unpaired) electrons. The summed E-state index contributed by atoms with van der Waals surface area (Å²) in [6.07, 6.45) is 3.28. The highest BCUT2D eigenvalue weighted by Crippen LogP contribution is 2.44. The number of benzene rings is 3. The first-order valence-corrected chi connectivity index (χ1v) is 10.1. The fraction of sp³-hybridized carbons (Fsp3) is 0.200. The predicted octanol–water partition coefficient (Wildman–Crippen LogP) is 4.59. The molecule has 30 heavy (non-hydrogen) atoms. The molecule has 1 heterocycles. The highest BCUT2D eigenvalue weighted by molar-refractivity contribution is 5.94. The van der Waals surface area contributed by atoms with Crippen LogP contribution < -0.4 is 10.1 Å². The van der Waals surface area contributed by atoms with Gasteiger partial charge in [-0.25, -0.2) is 0 Å². The van der Waals surface area contributed by atoms with E-state index in [1.54, 1.807) is 0 Å². The molecule has 5 heteroatoms. The van der Waals surface area contributed by atoms with Crippen molar-refractivity contribution in [1.82, 2.24) is 0 Å². The fourth-order valence-corrected chi connectivity index (χ4v) is 4.23. The zero-order valence-electron chi connectivity index (χ0n) is 16.4. The molecule has 3 aromatic rings. The normalized spacial score (nSPS) is 14.1. The van der Waals surface area contributed by atoms with Crippen LogP contribution in [0.15, 0.2) is 66.7 Å². The molecule has 5 nitrogen and oxygen atoms in total. The van der Waals surface area contributed by atoms with Crippen LogP contribution in [0.5, 0.6) is 11.5 Å². The van der Waals surface area contributed by atoms with Crippen molar-refractivity contribution in [1.29, 1.82) is 0 Å². The summed E-state index contributed by atoms with van der Waals surface area (Å²) in [5.74, 6) is -0.197. The third-order valence-electron chi connectivity index (χ3n) is 5.64. The van der Waals surface area contributed by atoms with Crippen LogP contribution in [0, 0.1) is 0 Å². The lowest BCUT2D eigenvalue weighted by Gasteiger charge is -2.26. The molecule has 3 aromatic carbocycles. The van der Waals surface area contributed by atoms with Crippen LogP contribution in [-0.4, -0.2) is 18.5 Å². The molecule has 0 aromatic heterocycles. The number of esters is 1. The summed E-state index contributed by atoms with van der Waals surface area (Å²) in [7, 11) is 0. The summed E-state index contributed by atoms with van der Waals surface area (Å²) < 4.78 is 11.3. The van der Waals surface area contributed by atoms with Gasteiger partial charge in [-0.15, -0.1) is 0 Å². The van der Waals surface area contributed by atoms with Crippen molar-refractivity contribution in [2.45, 2.75) is 25.2 Å². The number of para-hydroxylation sites is 2. The molecule has 0 saturated heterocycles. The number of ether oxygens (including phenoxy) is 2. The zero-order chi connectivity index (χ0) is 20.5. The van der Waals surface area contributed by atoms with E-state index in [0.29, 0.717) is 11.5 Å². The number of anilines is 1. The topological polar surface area (TPSA) is 64.6 Å². The van der Waals surface area contributed by atoms with Crippen LogP contribution in [0.2, 0.25) is 0 Å². The van der Waals surface area contributed by atoms with Crippen LogP contribution in [0.1, 0.15) is 34.6 Å². The second-order valence-electron chi connectivity index (χ2n) is 7.60. The number of carbonyl (C=O) groups is 2. The summed E-state index contributed by atoms with van der Waals surface area (Å²) in [5.41, 5.74) is 4.83. The quantitative estimate of drug-likeness (QED) is 0.652. The maximum absolute atomic E-state index is 13.0. The van der Waals surface area contributed by atoms with Gasteiger partial charge in [0.2, 0.25) is 0 Å². The Hall–Kier alpha value is -3.60. The lowest BCUT2D eigenvalue weighted by atomic mass is 9.88. The van der Waals surface area contributed by atoms with Gasteiger partial charge in [-0.2, -0.15) is 0 Å². The van der Waals surface area contributed by atoms with Gasteiger partial charge in [-0.05, 0) is 54.7 Å². The van der Waals surface area contributed by atoms with E-state index in [1.165, 1.54) is 11.1 Å². The van der Waals surface area contributed by atoms with Gasteiger partial charge in [-0.1, -0.05) is 42.5 Å². The first-order valence-electron chi connectivity index (χ1n) is 10.1. The van der Waals surface area contributed by atoms with Gasteiger partial charge in [0, 0.05) is 16.8 Å². The largest absolute Gasteiger partial charge is 0.457 e. The lowest BCUT2D eigenvalue weighted by Crippen LogP contribution is -2.26. The van der Waals surface area contributed by atoms with E-state index in [1.807, 2.05) is 60.7 Å². The van der Waals surface area contributed by atoms with E-state index in [2.05, 4.69) is 11.4 Å². The van der Waals surface area contributed by atoms with Crippen LogP contribution in [0.25, 0.3) is 0 Å². The van der Waals surface area contributed by atoms with Gasteiger partial charge < -0.3 is 14.8 Å². The van der Waals surface area contributed by atoms with Gasteiger partial charge in [-0.3, -0.25) is 9.59 Å². The highest BCUT2D eigenvalue weighted by Gasteiger charge is 2.33. The maximum Gasteiger partial charge on any atom is 0.318 e. The molecule has 0 spiro atoms. The Labute approximate surface area is 174 Å². The van der Waals surface area contributed by atoms with E-state index < -0.39 is 11.9 Å². The number of amides is 1. The number of nitrogens with one attached hydrogen (secondary N) is 1. The van der Waals surface area contributed by atoms with Crippen molar-refractivity contribution in [2.75, 3.05) is 11.9 Å². The van der Waals surface area contributed by atoms with Crippen molar-refractivity contribution >= 4 is 17.6 Å². The average Bonchev–Trinajstić information content (AvgIpc) is 3.23. The Morgan fingerprint density at radius 2 is 1.57 bits per heavy atom. The van der Waals surface area contributed by atoms with Gasteiger partial charge in [0.1, 0.15) is 17.4 Å². The van der Waals surface area contributed by atoms with Crippen molar-refractivity contribution in [2.24, 2.45) is 0 Å². The maximum atomic E-state index is 13.0. The minimum absolute atomic E-state index is 0.336. The Morgan fingerprint density at radius 1 is 0.900 bits per heavy atom. The number of aryl methyl sites for hydroxylation is 2. The van der Waals surface area contributed by atoms with Gasteiger partial charge in [0.15, 0.2) is 6.61 Å². The number of hydrogen-bond acceptors (Lipinski definition) is 4. The van der Waals surface area contributed by atoms with Gasteiger partial charge >= 0.3 is 5.97 Å². The van der Waals surface area contributed by atoms with E-state index in [9.17, 15) is 9.59 Å². The summed E-state index contributed by atoms with van der Waals surface area (Å²) in [6, 6.07) is 20.7. The number of hydrogen-bond donors (Lipinski definition) is 1. The molecule has 0 atom stereocenters. The molecule has 5 rings (SSSR count). The average molecular weight is 399 g/mol. The summed E-state index contributed by atoms with van der Waals surface area (Å²) in [4.78, 5) is 25.4. The third-order valence-corrected chi connectivity index (χ3v) is 5.64. The van der Waals surface area contributed by atoms with E-state index >= 15 is 0 Å². The Kier molecular flexibility index (Phi) is 4.71. The molecule has 0 fully saturated rings. The van der Waals surface area contributed by atoms with Crippen molar-refractivity contribution in [3.63, 3.8) is 0 Å². The standard InChI is InChI=1S/C25H21NO4/c27-23(26-18-13-12-16-6-5-7-17(16)14-18)15-29-25(28)24-19-8-1-3-10-21(19)30-22-11-4-2-9-20(22)24/h1-4,8-14,24H,5-7,15H2,(H,26,27). The number of rotatable bonds is 4. The van der Waals surface area contributed by atoms with Crippen LogP contribution in [0.3, 0.4) is 0 Å². The fourth-order valence-electron chi connectivity index (χ4n) is 4.23. The van der Waals surface area contributed by atoms with E-state index in [-0.39, 0.29) is 12.5 Å². The van der Waals surface area contributed by atoms with Crippen LogP contribution in [-0.2, 0) is 27.2 Å². The van der Waals surface area contributed by atoms with Crippen molar-refractivity contribution in [3.05, 3.63) is 89.0 Å². The first kappa shape index (κ1) is 18.4. The van der Waals surface area contributed by atoms with E-state index in [0.717, 1.165) is 36.1 Å². The molecule has 2 aliphatic rings. The minimum atomic E-state index is -0.626. The molecule has 0 bridgehead atoms. The monoisotopic (exact) mass is 399 g/mol. The Balaban J connectivity index is 1.29. The molecule has 1 N–H and O–H groups in total. The predicted molar refractivity (Wildman–Crippen MR) is 113 cm³/mol. The van der Waals surface area contributed by atoms with Gasteiger partial charge in [0.05, 0.1) is 0 Å². The smallest absolute Gasteiger partial charge is 0.318 e. The van der Waals surface area contributed by atoms with Crippen LogP contribution in [0.4, 0.5) is 5.69 Å². The second-order valence-corrected chi connectivity index (χ2v) is 7.60. The molecule has 1 aliphatic heterocycles. The van der Waals surface area contributed by atoms with Crippen LogP contribution >= 0.6 is 0 Å². The molecule has 150 valence electrons. The SMILES string of the molecule is O=C(COC(=O)C1c2ccccc2Oc2ccccc21)Nc1ccc2c(c1)CCC2. The van der Waals surface area contributed by atoms with Gasteiger partial charge in [0.25, 0.3) is 5.91 Å². The summed E-state index contributed by atoms with van der Waals surface area (Å²) in [5, 5.41) is 2.83. The second kappa shape index (κ2) is 7.67. The minimum Gasteiger partial charge on any atom is -0.457 e. The molecule has 0 unspecified atom stereocenters. The summed E-state index contributed by atoms with van der Waals surface area (Å²) in [6.45, 7) is -0.336. The van der Waals surface area contributed by atoms with Crippen molar-refractivity contribution < 1.29 is 19.1 Å². The Bertz CT molecular complexity index is 1090. The van der Waals surface area contributed by atoms with Crippen molar-refractivity contribution in [3.8, 4) is 11.5 Å². The number of fused-ring (bicyclic) bond motifs is 3. The first-order chi connectivity index (χ1) is 14.7. The highest BCUT2D eigenvalue weighted by atomic mass is 16.5. The zero-order valence-corrected chi connectivity index (χ0v) is 16.4. The summed E-state index contributed by atoms with van der Waals surface area (Å²) >= 11 is 0. The third kappa shape index (κ3) is 3.43. The number of carbonyl (C=O) groups excluding carboxylic acids is 2. The lowest BCUT2D eigenvalue weighted by molar-refractivity contribution is -0.148. The molecule has 0 saturated carbocycles. The molecular weight excluding hydrogens is 378 g/mol.